The third-order valence-electron chi connectivity index (χ3n) is 2.68. The first-order valence-corrected chi connectivity index (χ1v) is 6.06. The lowest BCUT2D eigenvalue weighted by atomic mass is 10.1. The van der Waals surface area contributed by atoms with Crippen LogP contribution < -0.4 is 16.4 Å². The minimum Gasteiger partial charge on any atom is -0.366 e. The molecule has 0 radical (unpaired) electrons. The summed E-state index contributed by atoms with van der Waals surface area (Å²) in [5.41, 5.74) is 5.37. The number of hydrogen-bond acceptors (Lipinski definition) is 5. The zero-order chi connectivity index (χ0) is 12.5. The quantitative estimate of drug-likeness (QED) is 0.385. The molecule has 6 heteroatoms. The van der Waals surface area contributed by atoms with Crippen LogP contribution in [0.15, 0.2) is 0 Å². The summed E-state index contributed by atoms with van der Waals surface area (Å²) < 4.78 is 5.30. The first-order valence-electron chi connectivity index (χ1n) is 6.06. The monoisotopic (exact) mass is 243 g/mol. The van der Waals surface area contributed by atoms with E-state index in [0.29, 0.717) is 26.1 Å². The van der Waals surface area contributed by atoms with Crippen molar-refractivity contribution in [3.63, 3.8) is 0 Å². The normalized spacial score (nSPS) is 21.8. The number of amides is 1. The van der Waals surface area contributed by atoms with E-state index in [1.165, 1.54) is 0 Å². The van der Waals surface area contributed by atoms with Gasteiger partial charge in [-0.05, 0) is 25.8 Å². The molecule has 1 rings (SSSR count). The molecule has 6 nitrogen and oxygen atoms in total. The van der Waals surface area contributed by atoms with E-state index in [-0.39, 0.29) is 5.91 Å². The van der Waals surface area contributed by atoms with Crippen LogP contribution in [0.4, 0.5) is 0 Å². The van der Waals surface area contributed by atoms with Crippen LogP contribution in [-0.2, 0) is 14.3 Å². The third kappa shape index (κ3) is 5.25. The average molecular weight is 243 g/mol. The minimum atomic E-state index is -0.485. The second-order valence-electron chi connectivity index (χ2n) is 4.10. The SMILES string of the molecule is NCCCCC(C=O)NC(=O)C1CNCCO1. The van der Waals surface area contributed by atoms with E-state index in [2.05, 4.69) is 10.6 Å². The Bertz CT molecular complexity index is 242. The van der Waals surface area contributed by atoms with Crippen molar-refractivity contribution in [2.75, 3.05) is 26.2 Å². The highest BCUT2D eigenvalue weighted by Gasteiger charge is 2.23. The molecule has 0 aromatic carbocycles. The highest BCUT2D eigenvalue weighted by Crippen LogP contribution is 2.01. The fraction of sp³-hybridized carbons (Fsp3) is 0.818. The van der Waals surface area contributed by atoms with Crippen molar-refractivity contribution in [2.24, 2.45) is 5.73 Å². The maximum atomic E-state index is 11.7. The van der Waals surface area contributed by atoms with Crippen LogP contribution in [0.25, 0.3) is 0 Å². The topological polar surface area (TPSA) is 93.5 Å². The van der Waals surface area contributed by atoms with Gasteiger partial charge in [0.15, 0.2) is 0 Å². The van der Waals surface area contributed by atoms with Gasteiger partial charge < -0.3 is 25.9 Å². The molecule has 1 amide bonds. The Morgan fingerprint density at radius 3 is 3.00 bits per heavy atom. The molecule has 2 atom stereocenters. The summed E-state index contributed by atoms with van der Waals surface area (Å²) in [5.74, 6) is -0.220. The summed E-state index contributed by atoms with van der Waals surface area (Å²) in [6.45, 7) is 2.39. The van der Waals surface area contributed by atoms with E-state index in [4.69, 9.17) is 10.5 Å². The first-order chi connectivity index (χ1) is 8.27. The van der Waals surface area contributed by atoms with Gasteiger partial charge in [0.05, 0.1) is 12.6 Å². The Morgan fingerprint density at radius 1 is 1.59 bits per heavy atom. The van der Waals surface area contributed by atoms with E-state index in [1.807, 2.05) is 0 Å². The summed E-state index contributed by atoms with van der Waals surface area (Å²) >= 11 is 0. The molecule has 1 fully saturated rings. The molecule has 1 aliphatic rings. The first kappa shape index (κ1) is 14.1. The lowest BCUT2D eigenvalue weighted by Crippen LogP contribution is -2.50. The van der Waals surface area contributed by atoms with Crippen molar-refractivity contribution in [1.29, 1.82) is 0 Å². The Morgan fingerprint density at radius 2 is 2.41 bits per heavy atom. The molecule has 0 aromatic heterocycles. The molecular weight excluding hydrogens is 222 g/mol. The molecule has 4 N–H and O–H groups in total. The van der Waals surface area contributed by atoms with Gasteiger partial charge in [-0.1, -0.05) is 0 Å². The Hall–Kier alpha value is -0.980. The molecule has 0 bridgehead atoms. The summed E-state index contributed by atoms with van der Waals surface area (Å²) in [6.07, 6.45) is 2.61. The predicted molar refractivity (Wildman–Crippen MR) is 63.5 cm³/mol. The number of carbonyl (C=O) groups is 2. The molecule has 0 aliphatic carbocycles. The molecule has 1 heterocycles. The number of hydrogen-bond donors (Lipinski definition) is 3. The van der Waals surface area contributed by atoms with Crippen LogP contribution in [-0.4, -0.2) is 50.6 Å². The van der Waals surface area contributed by atoms with Crippen molar-refractivity contribution in [3.05, 3.63) is 0 Å². The number of aldehydes is 1. The average Bonchev–Trinajstić information content (AvgIpc) is 2.38. The lowest BCUT2D eigenvalue weighted by molar-refractivity contribution is -0.136. The number of rotatable bonds is 7. The van der Waals surface area contributed by atoms with Crippen LogP contribution in [0, 0.1) is 0 Å². The molecule has 0 aromatic rings. The molecule has 17 heavy (non-hydrogen) atoms. The Labute approximate surface area is 101 Å². The molecule has 98 valence electrons. The smallest absolute Gasteiger partial charge is 0.251 e. The van der Waals surface area contributed by atoms with E-state index < -0.39 is 12.1 Å². The Balaban J connectivity index is 2.28. The number of nitrogens with two attached hydrogens (primary N) is 1. The van der Waals surface area contributed by atoms with Gasteiger partial charge in [-0.15, -0.1) is 0 Å². The van der Waals surface area contributed by atoms with Crippen molar-refractivity contribution in [1.82, 2.24) is 10.6 Å². The van der Waals surface area contributed by atoms with Gasteiger partial charge in [0.2, 0.25) is 0 Å². The van der Waals surface area contributed by atoms with Gasteiger partial charge in [0, 0.05) is 13.1 Å². The lowest BCUT2D eigenvalue weighted by Gasteiger charge is -2.24. The summed E-state index contributed by atoms with van der Waals surface area (Å²) in [5, 5.41) is 5.75. The highest BCUT2D eigenvalue weighted by molar-refractivity contribution is 5.83. The second kappa shape index (κ2) is 8.16. The minimum absolute atomic E-state index is 0.220. The molecular formula is C11H21N3O3. The van der Waals surface area contributed by atoms with Gasteiger partial charge >= 0.3 is 0 Å². The van der Waals surface area contributed by atoms with Crippen molar-refractivity contribution in [3.8, 4) is 0 Å². The largest absolute Gasteiger partial charge is 0.366 e. The third-order valence-corrected chi connectivity index (χ3v) is 2.68. The van der Waals surface area contributed by atoms with E-state index in [1.54, 1.807) is 0 Å². The number of unbranched alkanes of at least 4 members (excludes halogenated alkanes) is 1. The standard InChI is InChI=1S/C11H21N3O3/c12-4-2-1-3-9(8-15)14-11(16)10-7-13-5-6-17-10/h8-10,13H,1-7,12H2,(H,14,16). The fourth-order valence-corrected chi connectivity index (χ4v) is 1.69. The summed E-state index contributed by atoms with van der Waals surface area (Å²) in [7, 11) is 0. The second-order valence-corrected chi connectivity index (χ2v) is 4.10. The highest BCUT2D eigenvalue weighted by atomic mass is 16.5. The van der Waals surface area contributed by atoms with Crippen molar-refractivity contribution < 1.29 is 14.3 Å². The molecule has 1 saturated heterocycles. The van der Waals surface area contributed by atoms with Gasteiger partial charge in [-0.2, -0.15) is 0 Å². The predicted octanol–water partition coefficient (Wildman–Crippen LogP) is -1.21. The molecule has 0 spiro atoms. The number of carbonyl (C=O) groups excluding carboxylic acids is 2. The molecule has 0 saturated carbocycles. The van der Waals surface area contributed by atoms with Gasteiger partial charge in [-0.25, -0.2) is 0 Å². The van der Waals surface area contributed by atoms with Gasteiger partial charge in [-0.3, -0.25) is 4.79 Å². The van der Waals surface area contributed by atoms with Crippen LogP contribution in [0.2, 0.25) is 0 Å². The zero-order valence-electron chi connectivity index (χ0n) is 9.98. The zero-order valence-corrected chi connectivity index (χ0v) is 9.98. The van der Waals surface area contributed by atoms with Crippen molar-refractivity contribution >= 4 is 12.2 Å². The van der Waals surface area contributed by atoms with Crippen molar-refractivity contribution in [2.45, 2.75) is 31.4 Å². The van der Waals surface area contributed by atoms with E-state index in [0.717, 1.165) is 25.7 Å². The summed E-state index contributed by atoms with van der Waals surface area (Å²) in [4.78, 5) is 22.6. The maximum Gasteiger partial charge on any atom is 0.251 e. The molecule has 1 aliphatic heterocycles. The number of morpholine rings is 1. The van der Waals surface area contributed by atoms with E-state index in [9.17, 15) is 9.59 Å². The van der Waals surface area contributed by atoms with Crippen LogP contribution in [0.5, 0.6) is 0 Å². The molecule has 2 unspecified atom stereocenters. The van der Waals surface area contributed by atoms with Crippen LogP contribution in [0.1, 0.15) is 19.3 Å². The fourth-order valence-electron chi connectivity index (χ4n) is 1.69. The number of nitrogens with one attached hydrogen (secondary N) is 2. The summed E-state index contributed by atoms with van der Waals surface area (Å²) in [6, 6.07) is -0.431. The van der Waals surface area contributed by atoms with E-state index >= 15 is 0 Å². The maximum absolute atomic E-state index is 11.7. The van der Waals surface area contributed by atoms with Crippen LogP contribution in [0.3, 0.4) is 0 Å². The van der Waals surface area contributed by atoms with Gasteiger partial charge in [0.25, 0.3) is 5.91 Å². The number of ether oxygens (including phenoxy) is 1. The van der Waals surface area contributed by atoms with Gasteiger partial charge in [0.1, 0.15) is 12.4 Å². The Kier molecular flexibility index (Phi) is 6.76. The van der Waals surface area contributed by atoms with Crippen LogP contribution >= 0.6 is 0 Å².